The Morgan fingerprint density at radius 3 is 2.53 bits per heavy atom. The Morgan fingerprint density at radius 1 is 1.11 bits per heavy atom. The molecular weight excluding hydrogens is 257 g/mol. The van der Waals surface area contributed by atoms with Crippen LogP contribution in [-0.4, -0.2) is 10.9 Å². The Morgan fingerprint density at radius 2 is 1.89 bits per heavy atom. The summed E-state index contributed by atoms with van der Waals surface area (Å²) in [7, 11) is 0. The molecule has 3 nitrogen and oxygen atoms in total. The maximum absolute atomic E-state index is 12.9. The molecule has 0 saturated carbocycles. The second-order valence-corrected chi connectivity index (χ2v) is 3.80. The SMILES string of the molecule is O=C(NCc1ccc(F)c(F)c1)c1ccc(F)nc1. The van der Waals surface area contributed by atoms with Crippen LogP contribution in [0.5, 0.6) is 0 Å². The number of aromatic nitrogens is 1. The highest BCUT2D eigenvalue weighted by Crippen LogP contribution is 2.08. The molecule has 0 radical (unpaired) electrons. The second kappa shape index (κ2) is 5.51. The third-order valence-electron chi connectivity index (χ3n) is 2.43. The molecule has 0 aliphatic rings. The van der Waals surface area contributed by atoms with Crippen LogP contribution in [-0.2, 0) is 6.54 Å². The van der Waals surface area contributed by atoms with Crippen LogP contribution in [0.2, 0.25) is 0 Å². The number of amides is 1. The Kier molecular flexibility index (Phi) is 3.79. The molecule has 0 unspecified atom stereocenters. The van der Waals surface area contributed by atoms with E-state index in [0.29, 0.717) is 5.56 Å². The normalized spacial score (nSPS) is 10.3. The van der Waals surface area contributed by atoms with Crippen molar-refractivity contribution < 1.29 is 18.0 Å². The van der Waals surface area contributed by atoms with E-state index in [2.05, 4.69) is 10.3 Å². The first kappa shape index (κ1) is 13.1. The zero-order valence-electron chi connectivity index (χ0n) is 9.66. The highest BCUT2D eigenvalue weighted by molar-refractivity contribution is 5.93. The lowest BCUT2D eigenvalue weighted by Crippen LogP contribution is -2.23. The van der Waals surface area contributed by atoms with E-state index in [1.54, 1.807) is 0 Å². The van der Waals surface area contributed by atoms with Crippen LogP contribution >= 0.6 is 0 Å². The van der Waals surface area contributed by atoms with Gasteiger partial charge in [0.15, 0.2) is 11.6 Å². The number of halogens is 3. The fourth-order valence-electron chi connectivity index (χ4n) is 1.44. The van der Waals surface area contributed by atoms with E-state index in [1.807, 2.05) is 0 Å². The van der Waals surface area contributed by atoms with Crippen LogP contribution in [0.1, 0.15) is 15.9 Å². The number of benzene rings is 1. The van der Waals surface area contributed by atoms with E-state index in [0.717, 1.165) is 24.4 Å². The number of hydrogen-bond acceptors (Lipinski definition) is 2. The molecule has 0 bridgehead atoms. The summed E-state index contributed by atoms with van der Waals surface area (Å²) < 4.78 is 38.2. The summed E-state index contributed by atoms with van der Waals surface area (Å²) >= 11 is 0. The van der Waals surface area contributed by atoms with E-state index in [1.165, 1.54) is 12.1 Å². The Bertz CT molecular complexity index is 599. The molecule has 1 N–H and O–H groups in total. The molecule has 2 rings (SSSR count). The maximum atomic E-state index is 12.9. The van der Waals surface area contributed by atoms with Gasteiger partial charge in [0, 0.05) is 12.7 Å². The first-order chi connectivity index (χ1) is 9.06. The first-order valence-electron chi connectivity index (χ1n) is 5.40. The number of rotatable bonds is 3. The summed E-state index contributed by atoms with van der Waals surface area (Å²) in [4.78, 5) is 15.0. The van der Waals surface area contributed by atoms with Crippen LogP contribution < -0.4 is 5.32 Å². The zero-order chi connectivity index (χ0) is 13.8. The zero-order valence-corrected chi connectivity index (χ0v) is 9.66. The van der Waals surface area contributed by atoms with Crippen molar-refractivity contribution in [2.24, 2.45) is 0 Å². The number of carbonyl (C=O) groups is 1. The summed E-state index contributed by atoms with van der Waals surface area (Å²) in [6.07, 6.45) is 1.09. The largest absolute Gasteiger partial charge is 0.348 e. The number of nitrogens with zero attached hydrogens (tertiary/aromatic N) is 1. The Balaban J connectivity index is 2.00. The van der Waals surface area contributed by atoms with Crippen molar-refractivity contribution >= 4 is 5.91 Å². The number of nitrogens with one attached hydrogen (secondary N) is 1. The van der Waals surface area contributed by atoms with Gasteiger partial charge in [-0.25, -0.2) is 13.8 Å². The van der Waals surface area contributed by atoms with Gasteiger partial charge >= 0.3 is 0 Å². The monoisotopic (exact) mass is 266 g/mol. The third-order valence-corrected chi connectivity index (χ3v) is 2.43. The molecule has 6 heteroatoms. The summed E-state index contributed by atoms with van der Waals surface area (Å²) in [5.41, 5.74) is 0.603. The van der Waals surface area contributed by atoms with Crippen LogP contribution in [0.15, 0.2) is 36.5 Å². The molecule has 0 atom stereocenters. The summed E-state index contributed by atoms with van der Waals surface area (Å²) in [5, 5.41) is 2.49. The molecule has 98 valence electrons. The molecule has 0 aliphatic carbocycles. The number of hydrogen-bond donors (Lipinski definition) is 1. The van der Waals surface area contributed by atoms with Crippen LogP contribution in [0.3, 0.4) is 0 Å². The van der Waals surface area contributed by atoms with Crippen molar-refractivity contribution in [2.75, 3.05) is 0 Å². The first-order valence-corrected chi connectivity index (χ1v) is 5.40. The van der Waals surface area contributed by atoms with Gasteiger partial charge in [-0.1, -0.05) is 6.07 Å². The number of pyridine rings is 1. The molecule has 2 aromatic rings. The average molecular weight is 266 g/mol. The van der Waals surface area contributed by atoms with Gasteiger partial charge in [0.05, 0.1) is 5.56 Å². The molecule has 1 amide bonds. The van der Waals surface area contributed by atoms with Gasteiger partial charge in [0.2, 0.25) is 5.95 Å². The molecule has 0 saturated heterocycles. The molecular formula is C13H9F3N2O. The Labute approximate surface area is 107 Å². The van der Waals surface area contributed by atoms with Gasteiger partial charge in [-0.15, -0.1) is 0 Å². The standard InChI is InChI=1S/C13H9F3N2O/c14-10-3-1-8(5-11(10)15)6-18-13(19)9-2-4-12(16)17-7-9/h1-5,7H,6H2,(H,18,19). The topological polar surface area (TPSA) is 42.0 Å². The van der Waals surface area contributed by atoms with E-state index >= 15 is 0 Å². The predicted molar refractivity (Wildman–Crippen MR) is 61.7 cm³/mol. The van der Waals surface area contributed by atoms with Crippen LogP contribution in [0.4, 0.5) is 13.2 Å². The quantitative estimate of drug-likeness (QED) is 0.867. The molecule has 0 fully saturated rings. The van der Waals surface area contributed by atoms with Gasteiger partial charge in [-0.05, 0) is 29.8 Å². The summed E-state index contributed by atoms with van der Waals surface area (Å²) in [5.74, 6) is -3.08. The second-order valence-electron chi connectivity index (χ2n) is 3.80. The third kappa shape index (κ3) is 3.31. The molecule has 19 heavy (non-hydrogen) atoms. The van der Waals surface area contributed by atoms with Crippen LogP contribution in [0.25, 0.3) is 0 Å². The lowest BCUT2D eigenvalue weighted by molar-refractivity contribution is 0.0950. The van der Waals surface area contributed by atoms with Crippen molar-refractivity contribution in [3.63, 3.8) is 0 Å². The van der Waals surface area contributed by atoms with E-state index in [4.69, 9.17) is 0 Å². The van der Waals surface area contributed by atoms with Crippen molar-refractivity contribution in [3.05, 3.63) is 65.2 Å². The highest BCUT2D eigenvalue weighted by atomic mass is 19.2. The maximum Gasteiger partial charge on any atom is 0.253 e. The predicted octanol–water partition coefficient (Wildman–Crippen LogP) is 2.43. The molecule has 1 heterocycles. The van der Waals surface area contributed by atoms with Gasteiger partial charge in [0.25, 0.3) is 5.91 Å². The van der Waals surface area contributed by atoms with Crippen molar-refractivity contribution in [1.82, 2.24) is 10.3 Å². The average Bonchev–Trinajstić information content (AvgIpc) is 2.40. The Hall–Kier alpha value is -2.37. The van der Waals surface area contributed by atoms with Gasteiger partial charge in [-0.3, -0.25) is 4.79 Å². The minimum absolute atomic E-state index is 0.0351. The van der Waals surface area contributed by atoms with Gasteiger partial charge < -0.3 is 5.32 Å². The minimum atomic E-state index is -0.977. The lowest BCUT2D eigenvalue weighted by atomic mass is 10.2. The smallest absolute Gasteiger partial charge is 0.253 e. The molecule has 1 aromatic carbocycles. The molecule has 0 spiro atoms. The van der Waals surface area contributed by atoms with E-state index in [9.17, 15) is 18.0 Å². The van der Waals surface area contributed by atoms with Crippen LogP contribution in [0, 0.1) is 17.6 Å². The van der Waals surface area contributed by atoms with Gasteiger partial charge in [0.1, 0.15) is 0 Å². The van der Waals surface area contributed by atoms with Gasteiger partial charge in [-0.2, -0.15) is 4.39 Å². The van der Waals surface area contributed by atoms with Crippen molar-refractivity contribution in [3.8, 4) is 0 Å². The van der Waals surface area contributed by atoms with Crippen molar-refractivity contribution in [2.45, 2.75) is 6.54 Å². The lowest BCUT2D eigenvalue weighted by Gasteiger charge is -2.05. The van der Waals surface area contributed by atoms with E-state index in [-0.39, 0.29) is 12.1 Å². The highest BCUT2D eigenvalue weighted by Gasteiger charge is 2.07. The number of carbonyl (C=O) groups excluding carboxylic acids is 1. The van der Waals surface area contributed by atoms with E-state index < -0.39 is 23.5 Å². The fourth-order valence-corrected chi connectivity index (χ4v) is 1.44. The molecule has 1 aromatic heterocycles. The fraction of sp³-hybridized carbons (Fsp3) is 0.0769. The van der Waals surface area contributed by atoms with Crippen molar-refractivity contribution in [1.29, 1.82) is 0 Å². The summed E-state index contributed by atoms with van der Waals surface area (Å²) in [6, 6.07) is 5.69. The summed E-state index contributed by atoms with van der Waals surface area (Å²) in [6.45, 7) is 0.0351. The molecule has 0 aliphatic heterocycles. The minimum Gasteiger partial charge on any atom is -0.348 e.